The van der Waals surface area contributed by atoms with Crippen LogP contribution in [-0.2, 0) is 9.53 Å². The number of aliphatic imine (C=N–C) groups is 1. The molecule has 0 spiro atoms. The first-order valence-corrected chi connectivity index (χ1v) is 7.55. The molecule has 1 aromatic rings. The lowest BCUT2D eigenvalue weighted by Crippen LogP contribution is -2.38. The van der Waals surface area contributed by atoms with Crippen LogP contribution in [0.2, 0.25) is 0 Å². The van der Waals surface area contributed by atoms with Gasteiger partial charge in [-0.05, 0) is 23.4 Å². The SMILES string of the molecule is O=C1N=C(N2CCOCC2)SC1=Cc1cccc([N+](=O)[O-])c1. The van der Waals surface area contributed by atoms with E-state index in [-0.39, 0.29) is 11.6 Å². The molecule has 2 heterocycles. The third kappa shape index (κ3) is 3.18. The number of carbonyl (C=O) groups excluding carboxylic acids is 1. The number of amides is 1. The summed E-state index contributed by atoms with van der Waals surface area (Å²) in [7, 11) is 0. The fourth-order valence-electron chi connectivity index (χ4n) is 2.17. The molecule has 0 aromatic heterocycles. The highest BCUT2D eigenvalue weighted by Crippen LogP contribution is 2.31. The van der Waals surface area contributed by atoms with Crippen molar-refractivity contribution in [3.63, 3.8) is 0 Å². The Kier molecular flexibility index (Phi) is 4.21. The van der Waals surface area contributed by atoms with Crippen LogP contribution in [0.4, 0.5) is 5.69 Å². The maximum absolute atomic E-state index is 12.0. The summed E-state index contributed by atoms with van der Waals surface area (Å²) >= 11 is 1.30. The van der Waals surface area contributed by atoms with Crippen molar-refractivity contribution in [1.82, 2.24) is 4.90 Å². The lowest BCUT2D eigenvalue weighted by molar-refractivity contribution is -0.384. The maximum Gasteiger partial charge on any atom is 0.286 e. The number of ether oxygens (including phenoxy) is 1. The van der Waals surface area contributed by atoms with E-state index >= 15 is 0 Å². The summed E-state index contributed by atoms with van der Waals surface area (Å²) in [5.74, 6) is -0.307. The van der Waals surface area contributed by atoms with E-state index < -0.39 is 4.92 Å². The van der Waals surface area contributed by atoms with Crippen LogP contribution in [0.5, 0.6) is 0 Å². The van der Waals surface area contributed by atoms with E-state index in [0.29, 0.717) is 41.9 Å². The van der Waals surface area contributed by atoms with Gasteiger partial charge in [0.05, 0.1) is 23.0 Å². The Morgan fingerprint density at radius 2 is 2.14 bits per heavy atom. The number of nitrogens with zero attached hydrogens (tertiary/aromatic N) is 3. The van der Waals surface area contributed by atoms with Crippen molar-refractivity contribution in [2.24, 2.45) is 4.99 Å². The average molecular weight is 319 g/mol. The molecular formula is C14H13N3O4S. The Bertz CT molecular complexity index is 680. The molecule has 8 heteroatoms. The van der Waals surface area contributed by atoms with Gasteiger partial charge >= 0.3 is 0 Å². The number of non-ortho nitro benzene ring substituents is 1. The molecule has 0 saturated carbocycles. The zero-order valence-electron chi connectivity index (χ0n) is 11.6. The number of hydrogen-bond acceptors (Lipinski definition) is 6. The van der Waals surface area contributed by atoms with Crippen molar-refractivity contribution >= 4 is 34.6 Å². The van der Waals surface area contributed by atoms with E-state index in [2.05, 4.69) is 4.99 Å². The summed E-state index contributed by atoms with van der Waals surface area (Å²) in [6.45, 7) is 2.67. The second kappa shape index (κ2) is 6.29. The van der Waals surface area contributed by atoms with E-state index in [1.54, 1.807) is 18.2 Å². The summed E-state index contributed by atoms with van der Waals surface area (Å²) in [6, 6.07) is 6.17. The van der Waals surface area contributed by atoms with Crippen molar-refractivity contribution in [2.45, 2.75) is 0 Å². The van der Waals surface area contributed by atoms with Gasteiger partial charge in [0.25, 0.3) is 11.6 Å². The number of morpholine rings is 1. The van der Waals surface area contributed by atoms with Gasteiger partial charge in [0.1, 0.15) is 0 Å². The minimum atomic E-state index is -0.457. The van der Waals surface area contributed by atoms with E-state index in [1.165, 1.54) is 23.9 Å². The van der Waals surface area contributed by atoms with Gasteiger partial charge in [-0.15, -0.1) is 0 Å². The van der Waals surface area contributed by atoms with Gasteiger partial charge in [0, 0.05) is 25.2 Å². The number of benzene rings is 1. The molecule has 0 N–H and O–H groups in total. The zero-order valence-corrected chi connectivity index (χ0v) is 12.4. The number of nitro benzene ring substituents is 1. The summed E-state index contributed by atoms with van der Waals surface area (Å²) in [4.78, 5) is 28.9. The summed E-state index contributed by atoms with van der Waals surface area (Å²) in [5, 5.41) is 11.5. The lowest BCUT2D eigenvalue weighted by Gasteiger charge is -2.27. The quantitative estimate of drug-likeness (QED) is 0.470. The molecule has 22 heavy (non-hydrogen) atoms. The van der Waals surface area contributed by atoms with Crippen LogP contribution in [0.15, 0.2) is 34.2 Å². The highest BCUT2D eigenvalue weighted by atomic mass is 32.2. The van der Waals surface area contributed by atoms with E-state index in [9.17, 15) is 14.9 Å². The number of rotatable bonds is 2. The van der Waals surface area contributed by atoms with Crippen molar-refractivity contribution in [2.75, 3.05) is 26.3 Å². The third-order valence-corrected chi connectivity index (χ3v) is 4.31. The lowest BCUT2D eigenvalue weighted by atomic mass is 10.2. The van der Waals surface area contributed by atoms with Crippen molar-refractivity contribution in [3.8, 4) is 0 Å². The molecule has 1 amide bonds. The molecule has 0 aliphatic carbocycles. The number of carbonyl (C=O) groups is 1. The first-order chi connectivity index (χ1) is 10.6. The van der Waals surface area contributed by atoms with Crippen LogP contribution < -0.4 is 0 Å². The van der Waals surface area contributed by atoms with Crippen LogP contribution in [0.1, 0.15) is 5.56 Å². The maximum atomic E-state index is 12.0. The molecule has 1 fully saturated rings. The molecule has 114 valence electrons. The number of amidine groups is 1. The Morgan fingerprint density at radius 3 is 2.86 bits per heavy atom. The Hall–Kier alpha value is -2.19. The van der Waals surface area contributed by atoms with Crippen molar-refractivity contribution < 1.29 is 14.5 Å². The molecule has 1 saturated heterocycles. The van der Waals surface area contributed by atoms with Gasteiger partial charge in [-0.3, -0.25) is 14.9 Å². The van der Waals surface area contributed by atoms with Gasteiger partial charge in [-0.25, -0.2) is 0 Å². The van der Waals surface area contributed by atoms with Gasteiger partial charge in [-0.2, -0.15) is 4.99 Å². The van der Waals surface area contributed by atoms with Crippen molar-refractivity contribution in [1.29, 1.82) is 0 Å². The normalized spacial score (nSPS) is 20.4. The Labute approximate surface area is 130 Å². The highest BCUT2D eigenvalue weighted by Gasteiger charge is 2.27. The Morgan fingerprint density at radius 1 is 1.36 bits per heavy atom. The summed E-state index contributed by atoms with van der Waals surface area (Å²) in [6.07, 6.45) is 1.64. The second-order valence-electron chi connectivity index (χ2n) is 4.76. The first-order valence-electron chi connectivity index (χ1n) is 6.73. The smallest absolute Gasteiger partial charge is 0.286 e. The Balaban J connectivity index is 1.77. The van der Waals surface area contributed by atoms with E-state index in [0.717, 1.165) is 0 Å². The predicted octanol–water partition coefficient (Wildman–Crippen LogP) is 1.90. The fourth-order valence-corrected chi connectivity index (χ4v) is 3.13. The largest absolute Gasteiger partial charge is 0.378 e. The zero-order chi connectivity index (χ0) is 15.5. The molecule has 7 nitrogen and oxygen atoms in total. The topological polar surface area (TPSA) is 85.0 Å². The first kappa shape index (κ1) is 14.7. The van der Waals surface area contributed by atoms with E-state index in [1.807, 2.05) is 4.90 Å². The molecule has 1 aromatic carbocycles. The van der Waals surface area contributed by atoms with Crippen LogP contribution in [0, 0.1) is 10.1 Å². The molecule has 2 aliphatic heterocycles. The minimum absolute atomic E-state index is 0.000818. The number of thioether (sulfide) groups is 1. The van der Waals surface area contributed by atoms with Gasteiger partial charge in [-0.1, -0.05) is 12.1 Å². The standard InChI is InChI=1S/C14H13N3O4S/c18-13-12(9-10-2-1-3-11(8-10)17(19)20)22-14(15-13)16-4-6-21-7-5-16/h1-3,8-9H,4-7H2. The molecule has 3 rings (SSSR count). The molecule has 0 atom stereocenters. The number of hydrogen-bond donors (Lipinski definition) is 0. The molecule has 0 bridgehead atoms. The van der Waals surface area contributed by atoms with Crippen LogP contribution in [0.25, 0.3) is 6.08 Å². The van der Waals surface area contributed by atoms with Gasteiger partial charge in [0.2, 0.25) is 0 Å². The monoisotopic (exact) mass is 319 g/mol. The highest BCUT2D eigenvalue weighted by molar-refractivity contribution is 8.18. The summed E-state index contributed by atoms with van der Waals surface area (Å²) < 4.78 is 5.27. The minimum Gasteiger partial charge on any atom is -0.378 e. The molecular weight excluding hydrogens is 306 g/mol. The fraction of sp³-hybridized carbons (Fsp3) is 0.286. The van der Waals surface area contributed by atoms with E-state index in [4.69, 9.17) is 4.74 Å². The molecule has 0 radical (unpaired) electrons. The van der Waals surface area contributed by atoms with Gasteiger partial charge < -0.3 is 9.64 Å². The van der Waals surface area contributed by atoms with Crippen molar-refractivity contribution in [3.05, 3.63) is 44.8 Å². The van der Waals surface area contributed by atoms with Crippen LogP contribution in [-0.4, -0.2) is 47.2 Å². The molecule has 0 unspecified atom stereocenters. The number of nitro groups is 1. The van der Waals surface area contributed by atoms with Crippen LogP contribution in [0.3, 0.4) is 0 Å². The predicted molar refractivity (Wildman–Crippen MR) is 83.5 cm³/mol. The summed E-state index contributed by atoms with van der Waals surface area (Å²) in [5.41, 5.74) is 0.614. The van der Waals surface area contributed by atoms with Gasteiger partial charge in [0.15, 0.2) is 5.17 Å². The second-order valence-corrected chi connectivity index (χ2v) is 5.77. The average Bonchev–Trinajstić information content (AvgIpc) is 2.89. The van der Waals surface area contributed by atoms with Crippen LogP contribution >= 0.6 is 11.8 Å². The molecule has 2 aliphatic rings. The third-order valence-electron chi connectivity index (χ3n) is 3.27.